The lowest BCUT2D eigenvalue weighted by Crippen LogP contribution is -2.36. The number of carbonyl (C=O) groups is 1. The second-order valence-electron chi connectivity index (χ2n) is 10.4. The molecule has 1 aliphatic rings. The van der Waals surface area contributed by atoms with E-state index < -0.39 is 51.6 Å². The molecule has 1 aliphatic carbocycles. The highest BCUT2D eigenvalue weighted by Gasteiger charge is 2.49. The Bertz CT molecular complexity index is 1350. The quantitative estimate of drug-likeness (QED) is 0.324. The Labute approximate surface area is 240 Å². The first kappa shape index (κ1) is 33.0. The lowest BCUT2D eigenvalue weighted by atomic mass is 9.82. The van der Waals surface area contributed by atoms with Gasteiger partial charge in [0.25, 0.3) is 5.91 Å². The summed E-state index contributed by atoms with van der Waals surface area (Å²) in [7, 11) is -3.62. The summed E-state index contributed by atoms with van der Waals surface area (Å²) in [5, 5.41) is 11.4. The average molecular weight is 630 g/mol. The van der Waals surface area contributed by atoms with Crippen molar-refractivity contribution in [3.8, 4) is 17.0 Å². The number of aromatic nitrogens is 3. The van der Waals surface area contributed by atoms with E-state index in [1.54, 1.807) is 6.92 Å². The number of aryl methyl sites for hydroxylation is 1. The Kier molecular flexibility index (Phi) is 10.3. The lowest BCUT2D eigenvalue weighted by Gasteiger charge is -2.30. The second kappa shape index (κ2) is 12.8. The molecule has 0 aromatic carbocycles. The van der Waals surface area contributed by atoms with Gasteiger partial charge in [-0.15, -0.1) is 0 Å². The minimum atomic E-state index is -4.56. The normalized spacial score (nSPS) is 19.7. The molecule has 2 aromatic heterocycles. The Balaban J connectivity index is 1.87. The zero-order valence-corrected chi connectivity index (χ0v) is 24.3. The van der Waals surface area contributed by atoms with Crippen molar-refractivity contribution < 1.29 is 39.9 Å². The molecule has 3 N–H and O–H groups in total. The predicted molar refractivity (Wildman–Crippen MR) is 142 cm³/mol. The van der Waals surface area contributed by atoms with Gasteiger partial charge in [-0.1, -0.05) is 25.4 Å². The molecule has 0 radical (unpaired) electrons. The standard InChI is InChI=1S/C25H33ClF5N5O4S/c1-4-24(3,25(29,30)31)11-15-10-18(40-23(27)28)17(13-33-15)21-19(26)20(35-36(21)5-2)22(37)34-12-14-6-8-16(9-7-14)41(32,38)39/h10,13-14,16,23H,4-9,11-12H2,1-3H3,(H,34,37)(H2,32,38,39). The van der Waals surface area contributed by atoms with Gasteiger partial charge >= 0.3 is 12.8 Å². The number of pyridine rings is 1. The molecule has 230 valence electrons. The molecule has 1 amide bonds. The van der Waals surface area contributed by atoms with E-state index in [0.29, 0.717) is 25.7 Å². The first-order valence-corrected chi connectivity index (χ1v) is 15.1. The van der Waals surface area contributed by atoms with E-state index in [1.807, 2.05) is 0 Å². The Hall–Kier alpha value is -2.52. The van der Waals surface area contributed by atoms with Crippen LogP contribution >= 0.6 is 11.6 Å². The highest BCUT2D eigenvalue weighted by molar-refractivity contribution is 7.89. The van der Waals surface area contributed by atoms with E-state index in [1.165, 1.54) is 11.6 Å². The van der Waals surface area contributed by atoms with E-state index in [9.17, 15) is 35.2 Å². The van der Waals surface area contributed by atoms with E-state index in [2.05, 4.69) is 20.1 Å². The number of nitrogens with two attached hydrogens (primary N) is 1. The van der Waals surface area contributed by atoms with Crippen LogP contribution in [0, 0.1) is 11.3 Å². The van der Waals surface area contributed by atoms with Gasteiger partial charge < -0.3 is 10.1 Å². The maximum atomic E-state index is 13.6. The first-order chi connectivity index (χ1) is 19.0. The fraction of sp³-hybridized carbons (Fsp3) is 0.640. The summed E-state index contributed by atoms with van der Waals surface area (Å²) in [6, 6.07) is 1.02. The minimum Gasteiger partial charge on any atom is -0.434 e. The van der Waals surface area contributed by atoms with Crippen LogP contribution in [-0.4, -0.2) is 53.7 Å². The van der Waals surface area contributed by atoms with Crippen LogP contribution in [-0.2, 0) is 23.0 Å². The van der Waals surface area contributed by atoms with Gasteiger partial charge in [0.1, 0.15) is 5.75 Å². The van der Waals surface area contributed by atoms with Crippen molar-refractivity contribution >= 4 is 27.5 Å². The van der Waals surface area contributed by atoms with Gasteiger partial charge in [-0.05, 0) is 44.9 Å². The van der Waals surface area contributed by atoms with E-state index in [0.717, 1.165) is 19.2 Å². The molecule has 0 saturated heterocycles. The number of carbonyl (C=O) groups excluding carboxylic acids is 1. The summed E-state index contributed by atoms with van der Waals surface area (Å²) in [6.45, 7) is 1.16. The van der Waals surface area contributed by atoms with Crippen LogP contribution in [0.15, 0.2) is 12.3 Å². The number of hydrogen-bond donors (Lipinski definition) is 2. The van der Waals surface area contributed by atoms with Crippen LogP contribution in [0.1, 0.15) is 69.1 Å². The van der Waals surface area contributed by atoms with Crippen LogP contribution in [0.2, 0.25) is 5.02 Å². The first-order valence-electron chi connectivity index (χ1n) is 13.1. The molecule has 1 fully saturated rings. The number of ether oxygens (including phenoxy) is 1. The number of amides is 1. The minimum absolute atomic E-state index is 0.0109. The molecule has 2 heterocycles. The third kappa shape index (κ3) is 7.66. The van der Waals surface area contributed by atoms with Crippen LogP contribution in [0.3, 0.4) is 0 Å². The van der Waals surface area contributed by atoms with Gasteiger partial charge in [0.05, 0.1) is 26.9 Å². The van der Waals surface area contributed by atoms with Crippen LogP contribution < -0.4 is 15.2 Å². The summed E-state index contributed by atoms with van der Waals surface area (Å²) in [4.78, 5) is 17.1. The van der Waals surface area contributed by atoms with Gasteiger partial charge in [0, 0.05) is 37.5 Å². The van der Waals surface area contributed by atoms with Gasteiger partial charge in [-0.25, -0.2) is 13.6 Å². The third-order valence-electron chi connectivity index (χ3n) is 7.65. The van der Waals surface area contributed by atoms with Crippen molar-refractivity contribution in [1.29, 1.82) is 0 Å². The van der Waals surface area contributed by atoms with Gasteiger partial charge in [0.2, 0.25) is 10.0 Å². The van der Waals surface area contributed by atoms with E-state index in [-0.39, 0.29) is 53.1 Å². The lowest BCUT2D eigenvalue weighted by molar-refractivity contribution is -0.219. The highest BCUT2D eigenvalue weighted by Crippen LogP contribution is 2.44. The number of hydrogen-bond acceptors (Lipinski definition) is 6. The number of sulfonamides is 1. The number of nitrogens with zero attached hydrogens (tertiary/aromatic N) is 3. The number of primary sulfonamides is 1. The summed E-state index contributed by atoms with van der Waals surface area (Å²) in [5.41, 5.74) is -2.48. The molecular formula is C25H33ClF5N5O4S. The Morgan fingerprint density at radius 1 is 1.24 bits per heavy atom. The largest absolute Gasteiger partial charge is 0.434 e. The number of nitrogens with one attached hydrogen (secondary N) is 1. The molecule has 0 spiro atoms. The van der Waals surface area contributed by atoms with Crippen molar-refractivity contribution in [1.82, 2.24) is 20.1 Å². The zero-order valence-electron chi connectivity index (χ0n) is 22.8. The van der Waals surface area contributed by atoms with Gasteiger partial charge in [-0.3, -0.25) is 14.5 Å². The second-order valence-corrected chi connectivity index (χ2v) is 12.6. The van der Waals surface area contributed by atoms with Gasteiger partial charge in [0.15, 0.2) is 5.69 Å². The molecule has 0 aliphatic heterocycles. The average Bonchev–Trinajstić information content (AvgIpc) is 3.22. The molecule has 1 unspecified atom stereocenters. The molecule has 41 heavy (non-hydrogen) atoms. The predicted octanol–water partition coefficient (Wildman–Crippen LogP) is 5.32. The van der Waals surface area contributed by atoms with E-state index in [4.69, 9.17) is 16.7 Å². The topological polar surface area (TPSA) is 129 Å². The van der Waals surface area contributed by atoms with Crippen molar-refractivity contribution in [2.75, 3.05) is 6.54 Å². The molecule has 16 heteroatoms. The Morgan fingerprint density at radius 3 is 2.39 bits per heavy atom. The van der Waals surface area contributed by atoms with Crippen molar-refractivity contribution in [2.45, 2.75) is 83.9 Å². The molecule has 1 atom stereocenters. The summed E-state index contributed by atoms with van der Waals surface area (Å²) < 4.78 is 96.7. The molecule has 1 saturated carbocycles. The van der Waals surface area contributed by atoms with Crippen molar-refractivity contribution in [2.24, 2.45) is 16.5 Å². The fourth-order valence-corrected chi connectivity index (χ4v) is 6.08. The van der Waals surface area contributed by atoms with E-state index >= 15 is 0 Å². The smallest absolute Gasteiger partial charge is 0.394 e. The molecule has 9 nitrogen and oxygen atoms in total. The highest BCUT2D eigenvalue weighted by atomic mass is 35.5. The maximum Gasteiger partial charge on any atom is 0.394 e. The number of rotatable bonds is 11. The van der Waals surface area contributed by atoms with Crippen LogP contribution in [0.25, 0.3) is 11.3 Å². The number of alkyl halides is 5. The van der Waals surface area contributed by atoms with Crippen molar-refractivity contribution in [3.63, 3.8) is 0 Å². The van der Waals surface area contributed by atoms with Crippen molar-refractivity contribution in [3.05, 3.63) is 28.7 Å². The SMILES string of the molecule is CCn1nc(C(=O)NCC2CCC(S(N)(=O)=O)CC2)c(Cl)c1-c1cnc(CC(C)(CC)C(F)(F)F)cc1OC(F)F. The summed E-state index contributed by atoms with van der Waals surface area (Å²) >= 11 is 6.52. The number of halogens is 6. The summed E-state index contributed by atoms with van der Waals surface area (Å²) in [6.07, 6.45) is -2.45. The maximum absolute atomic E-state index is 13.6. The molecule has 0 bridgehead atoms. The molecule has 2 aromatic rings. The monoisotopic (exact) mass is 629 g/mol. The van der Waals surface area contributed by atoms with Crippen LogP contribution in [0.4, 0.5) is 22.0 Å². The zero-order chi connectivity index (χ0) is 30.8. The fourth-order valence-electron chi connectivity index (χ4n) is 4.83. The summed E-state index contributed by atoms with van der Waals surface area (Å²) in [5.74, 6) is -1.08. The van der Waals surface area contributed by atoms with Gasteiger partial charge in [-0.2, -0.15) is 27.1 Å². The molecular weight excluding hydrogens is 597 g/mol. The molecule has 3 rings (SSSR count). The third-order valence-corrected chi connectivity index (χ3v) is 9.41. The Morgan fingerprint density at radius 2 is 1.88 bits per heavy atom. The van der Waals surface area contributed by atoms with Crippen LogP contribution in [0.5, 0.6) is 5.75 Å².